The van der Waals surface area contributed by atoms with Crippen LogP contribution in [0.5, 0.6) is 0 Å². The summed E-state index contributed by atoms with van der Waals surface area (Å²) in [7, 11) is 0. The third-order valence-electron chi connectivity index (χ3n) is 3.79. The monoisotopic (exact) mass is 360 g/mol. The molecule has 26 heavy (non-hydrogen) atoms. The second-order valence-corrected chi connectivity index (χ2v) is 7.71. The van der Waals surface area contributed by atoms with Gasteiger partial charge in [-0.2, -0.15) is 5.26 Å². The highest BCUT2D eigenvalue weighted by Crippen LogP contribution is 2.32. The van der Waals surface area contributed by atoms with Crippen molar-refractivity contribution in [2.24, 2.45) is 0 Å². The molecule has 1 heterocycles. The van der Waals surface area contributed by atoms with E-state index in [1.54, 1.807) is 11.8 Å². The number of nitrogens with one attached hydrogen (secondary N) is 1. The molecule has 3 aromatic rings. The molecule has 3 rings (SSSR count). The molecule has 0 radical (unpaired) electrons. The van der Waals surface area contributed by atoms with Crippen molar-refractivity contribution < 1.29 is 0 Å². The van der Waals surface area contributed by atoms with Crippen LogP contribution in [0.1, 0.15) is 25.0 Å². The predicted molar refractivity (Wildman–Crippen MR) is 108 cm³/mol. The molecule has 0 spiro atoms. The third kappa shape index (κ3) is 4.04. The summed E-state index contributed by atoms with van der Waals surface area (Å²) in [5, 5.41) is 14.1. The highest BCUT2D eigenvalue weighted by molar-refractivity contribution is 7.99. The summed E-state index contributed by atoms with van der Waals surface area (Å²) >= 11 is 1.58. The van der Waals surface area contributed by atoms with E-state index in [4.69, 9.17) is 0 Å². The summed E-state index contributed by atoms with van der Waals surface area (Å²) in [6.07, 6.45) is 0. The van der Waals surface area contributed by atoms with Gasteiger partial charge < -0.3 is 5.32 Å². The Kier molecular flexibility index (Phi) is 5.55. The molecular formula is C21H20N4S. The smallest absolute Gasteiger partial charge is 0.190 e. The molecule has 0 atom stereocenters. The second-order valence-electron chi connectivity index (χ2n) is 6.16. The van der Waals surface area contributed by atoms with Crippen molar-refractivity contribution in [2.45, 2.75) is 31.2 Å². The highest BCUT2D eigenvalue weighted by atomic mass is 32.2. The molecule has 0 aliphatic carbocycles. The lowest BCUT2D eigenvalue weighted by atomic mass is 10.1. The van der Waals surface area contributed by atoms with Gasteiger partial charge in [-0.25, -0.2) is 9.97 Å². The fourth-order valence-corrected chi connectivity index (χ4v) is 3.26. The SMILES string of the molecule is Cc1ccccc1Nc1nc(SC(C)C)nc(-c2ccccc2)c1C#N. The molecule has 0 bridgehead atoms. The summed E-state index contributed by atoms with van der Waals surface area (Å²) in [5.41, 5.74) is 4.04. The van der Waals surface area contributed by atoms with Crippen molar-refractivity contribution >= 4 is 23.3 Å². The molecule has 1 N–H and O–H groups in total. The average Bonchev–Trinajstić information content (AvgIpc) is 2.63. The molecule has 0 unspecified atom stereocenters. The number of thioether (sulfide) groups is 1. The van der Waals surface area contributed by atoms with Crippen LogP contribution in [0.2, 0.25) is 0 Å². The molecule has 2 aromatic carbocycles. The number of benzene rings is 2. The van der Waals surface area contributed by atoms with E-state index >= 15 is 0 Å². The van der Waals surface area contributed by atoms with Gasteiger partial charge in [-0.15, -0.1) is 0 Å². The normalized spacial score (nSPS) is 10.6. The first-order chi connectivity index (χ1) is 12.6. The fraction of sp³-hybridized carbons (Fsp3) is 0.190. The van der Waals surface area contributed by atoms with E-state index in [9.17, 15) is 5.26 Å². The van der Waals surface area contributed by atoms with Crippen LogP contribution in [0.25, 0.3) is 11.3 Å². The Hall–Kier alpha value is -2.84. The molecule has 0 saturated carbocycles. The number of anilines is 2. The Morgan fingerprint density at radius 3 is 2.35 bits per heavy atom. The highest BCUT2D eigenvalue weighted by Gasteiger charge is 2.17. The van der Waals surface area contributed by atoms with Gasteiger partial charge in [0.15, 0.2) is 11.0 Å². The molecule has 1 aromatic heterocycles. The zero-order valence-electron chi connectivity index (χ0n) is 15.0. The van der Waals surface area contributed by atoms with E-state index in [1.807, 2.05) is 61.5 Å². The van der Waals surface area contributed by atoms with Gasteiger partial charge in [0.25, 0.3) is 0 Å². The molecule has 0 saturated heterocycles. The first kappa shape index (κ1) is 18.0. The van der Waals surface area contributed by atoms with E-state index in [-0.39, 0.29) is 0 Å². The molecule has 0 fully saturated rings. The van der Waals surface area contributed by atoms with Crippen LogP contribution < -0.4 is 5.32 Å². The second kappa shape index (κ2) is 8.03. The molecule has 5 heteroatoms. The minimum absolute atomic E-state index is 0.345. The van der Waals surface area contributed by atoms with Crippen molar-refractivity contribution in [3.63, 3.8) is 0 Å². The largest absolute Gasteiger partial charge is 0.339 e. The summed E-state index contributed by atoms with van der Waals surface area (Å²) in [6, 6.07) is 20.0. The number of hydrogen-bond acceptors (Lipinski definition) is 5. The molecule has 0 amide bonds. The molecule has 4 nitrogen and oxygen atoms in total. The van der Waals surface area contributed by atoms with Crippen molar-refractivity contribution in [1.29, 1.82) is 5.26 Å². The van der Waals surface area contributed by atoms with Crippen molar-refractivity contribution in [2.75, 3.05) is 5.32 Å². The molecular weight excluding hydrogens is 340 g/mol. The Balaban J connectivity index is 2.15. The minimum Gasteiger partial charge on any atom is -0.339 e. The van der Waals surface area contributed by atoms with Crippen LogP contribution in [-0.2, 0) is 0 Å². The first-order valence-electron chi connectivity index (χ1n) is 8.45. The van der Waals surface area contributed by atoms with Gasteiger partial charge in [-0.05, 0) is 18.6 Å². The molecule has 0 aliphatic rings. The molecule has 0 aliphatic heterocycles. The van der Waals surface area contributed by atoms with Crippen LogP contribution in [0.3, 0.4) is 0 Å². The maximum absolute atomic E-state index is 9.80. The fourth-order valence-electron chi connectivity index (χ4n) is 2.55. The topological polar surface area (TPSA) is 61.6 Å². The van der Waals surface area contributed by atoms with E-state index < -0.39 is 0 Å². The quantitative estimate of drug-likeness (QED) is 0.476. The summed E-state index contributed by atoms with van der Waals surface area (Å²) in [4.78, 5) is 9.29. The van der Waals surface area contributed by atoms with Crippen molar-refractivity contribution in [1.82, 2.24) is 9.97 Å². The third-order valence-corrected chi connectivity index (χ3v) is 4.65. The summed E-state index contributed by atoms with van der Waals surface area (Å²) in [6.45, 7) is 6.23. The van der Waals surface area contributed by atoms with Gasteiger partial charge in [-0.1, -0.05) is 74.1 Å². The van der Waals surface area contributed by atoms with E-state index in [0.29, 0.717) is 27.5 Å². The average molecular weight is 360 g/mol. The summed E-state index contributed by atoms with van der Waals surface area (Å²) in [5.74, 6) is 0.541. The number of rotatable bonds is 5. The Morgan fingerprint density at radius 2 is 1.69 bits per heavy atom. The Morgan fingerprint density at radius 1 is 1.00 bits per heavy atom. The number of para-hydroxylation sites is 1. The lowest BCUT2D eigenvalue weighted by Gasteiger charge is -2.14. The van der Waals surface area contributed by atoms with E-state index in [0.717, 1.165) is 16.8 Å². The standard InChI is InChI=1S/C21H20N4S/c1-14(2)26-21-24-19(16-10-5-4-6-11-16)17(13-22)20(25-21)23-18-12-8-7-9-15(18)3/h4-12,14H,1-3H3,(H,23,24,25). The lowest BCUT2D eigenvalue weighted by molar-refractivity contribution is 0.958. The Bertz CT molecular complexity index is 946. The number of aryl methyl sites for hydroxylation is 1. The van der Waals surface area contributed by atoms with Crippen LogP contribution >= 0.6 is 11.8 Å². The van der Waals surface area contributed by atoms with Gasteiger partial charge in [-0.3, -0.25) is 0 Å². The zero-order valence-corrected chi connectivity index (χ0v) is 15.8. The number of aromatic nitrogens is 2. The van der Waals surface area contributed by atoms with E-state index in [2.05, 4.69) is 35.2 Å². The lowest BCUT2D eigenvalue weighted by Crippen LogP contribution is -2.05. The maximum Gasteiger partial charge on any atom is 0.190 e. The zero-order chi connectivity index (χ0) is 18.5. The van der Waals surface area contributed by atoms with Gasteiger partial charge in [0, 0.05) is 16.5 Å². The van der Waals surface area contributed by atoms with Crippen LogP contribution in [0, 0.1) is 18.3 Å². The van der Waals surface area contributed by atoms with E-state index in [1.165, 1.54) is 0 Å². The van der Waals surface area contributed by atoms with Crippen LogP contribution in [0.15, 0.2) is 59.8 Å². The van der Waals surface area contributed by atoms with Gasteiger partial charge in [0.05, 0.1) is 5.69 Å². The molecule has 130 valence electrons. The number of nitrogens with zero attached hydrogens (tertiary/aromatic N) is 3. The van der Waals surface area contributed by atoms with Crippen molar-refractivity contribution in [3.8, 4) is 17.3 Å². The first-order valence-corrected chi connectivity index (χ1v) is 9.33. The van der Waals surface area contributed by atoms with Gasteiger partial charge in [0.1, 0.15) is 11.6 Å². The van der Waals surface area contributed by atoms with Gasteiger partial charge >= 0.3 is 0 Å². The maximum atomic E-state index is 9.80. The number of nitriles is 1. The summed E-state index contributed by atoms with van der Waals surface area (Å²) < 4.78 is 0. The number of hydrogen-bond donors (Lipinski definition) is 1. The Labute approximate surface area is 158 Å². The van der Waals surface area contributed by atoms with Crippen LogP contribution in [-0.4, -0.2) is 15.2 Å². The van der Waals surface area contributed by atoms with Crippen LogP contribution in [0.4, 0.5) is 11.5 Å². The predicted octanol–water partition coefficient (Wildman–Crippen LogP) is 5.57. The van der Waals surface area contributed by atoms with Crippen molar-refractivity contribution in [3.05, 3.63) is 65.7 Å². The van der Waals surface area contributed by atoms with Gasteiger partial charge in [0.2, 0.25) is 0 Å². The minimum atomic E-state index is 0.345.